The summed E-state index contributed by atoms with van der Waals surface area (Å²) in [5.41, 5.74) is 4.66. The normalized spacial score (nSPS) is 16.0. The van der Waals surface area contributed by atoms with Crippen molar-refractivity contribution in [1.82, 2.24) is 5.32 Å². The summed E-state index contributed by atoms with van der Waals surface area (Å²) in [5, 5.41) is 10.7. The molecule has 2 heterocycles. The van der Waals surface area contributed by atoms with Crippen LogP contribution in [0.2, 0.25) is 0 Å². The standard InChI is InChI=1S/C39H41N3O9/c1-23(10-9-17-49-31-16-14-25(19-33(31)45-3)38-40-28-12-8-7-11-27(28)39(43)41-38)50-34-18-24(13-15-30(34)44-2)29-22-32(51-42-29)26-20-35(46-4)37(48-6)36(21-26)47-5/h7-8,11-16,18-21,32,38,40H,1,9-10,17,22H2,2-6H3,(H,41,43). The number of hydrogen-bond acceptors (Lipinski definition) is 11. The van der Waals surface area contributed by atoms with E-state index in [9.17, 15) is 4.79 Å². The number of nitrogens with one attached hydrogen (secondary N) is 2. The largest absolute Gasteiger partial charge is 0.493 e. The Hall–Kier alpha value is -6.04. The third kappa shape index (κ3) is 7.59. The second kappa shape index (κ2) is 15.7. The Bertz CT molecular complexity index is 1920. The molecule has 0 radical (unpaired) electrons. The molecule has 0 fully saturated rings. The van der Waals surface area contributed by atoms with Crippen LogP contribution in [0.15, 0.2) is 90.3 Å². The third-order valence-corrected chi connectivity index (χ3v) is 8.60. The number of amides is 1. The number of anilines is 1. The Morgan fingerprint density at radius 2 is 1.49 bits per heavy atom. The molecule has 0 aromatic heterocycles. The smallest absolute Gasteiger partial charge is 0.255 e. The van der Waals surface area contributed by atoms with Crippen molar-refractivity contribution < 1.29 is 42.8 Å². The molecule has 12 heteroatoms. The number of oxime groups is 1. The third-order valence-electron chi connectivity index (χ3n) is 8.60. The van der Waals surface area contributed by atoms with Crippen molar-refractivity contribution in [3.63, 3.8) is 0 Å². The van der Waals surface area contributed by atoms with Crippen molar-refractivity contribution in [2.75, 3.05) is 47.5 Å². The summed E-state index contributed by atoms with van der Waals surface area (Å²) in [5.74, 6) is 4.24. The van der Waals surface area contributed by atoms with Gasteiger partial charge in [0.25, 0.3) is 5.91 Å². The van der Waals surface area contributed by atoms with Gasteiger partial charge in [0.15, 0.2) is 40.6 Å². The van der Waals surface area contributed by atoms with E-state index in [1.165, 1.54) is 0 Å². The quantitative estimate of drug-likeness (QED) is 0.0974. The number of hydrogen-bond donors (Lipinski definition) is 2. The fourth-order valence-electron chi connectivity index (χ4n) is 5.96. The molecule has 2 aliphatic rings. The average Bonchev–Trinajstić information content (AvgIpc) is 3.66. The van der Waals surface area contributed by atoms with Crippen LogP contribution in [-0.2, 0) is 4.84 Å². The van der Waals surface area contributed by atoms with Gasteiger partial charge in [-0.3, -0.25) is 4.79 Å². The van der Waals surface area contributed by atoms with E-state index in [0.29, 0.717) is 77.4 Å². The maximum Gasteiger partial charge on any atom is 0.255 e. The molecule has 51 heavy (non-hydrogen) atoms. The average molecular weight is 696 g/mol. The number of methoxy groups -OCH3 is 5. The maximum absolute atomic E-state index is 12.6. The summed E-state index contributed by atoms with van der Waals surface area (Å²) in [4.78, 5) is 18.4. The van der Waals surface area contributed by atoms with Crippen molar-refractivity contribution in [2.24, 2.45) is 5.16 Å². The highest BCUT2D eigenvalue weighted by Crippen LogP contribution is 2.43. The minimum absolute atomic E-state index is 0.136. The molecule has 266 valence electrons. The van der Waals surface area contributed by atoms with Gasteiger partial charge in [-0.2, -0.15) is 0 Å². The van der Waals surface area contributed by atoms with Gasteiger partial charge in [0.05, 0.1) is 59.2 Å². The fraction of sp³-hybridized carbons (Fsp3) is 0.282. The number of allylic oxidation sites excluding steroid dienone is 1. The highest BCUT2D eigenvalue weighted by atomic mass is 16.6. The molecule has 2 aliphatic heterocycles. The molecule has 12 nitrogen and oxygen atoms in total. The van der Waals surface area contributed by atoms with Crippen molar-refractivity contribution in [3.8, 4) is 40.2 Å². The van der Waals surface area contributed by atoms with E-state index in [0.717, 1.165) is 28.1 Å². The van der Waals surface area contributed by atoms with Crippen molar-refractivity contribution in [1.29, 1.82) is 0 Å². The van der Waals surface area contributed by atoms with Crippen LogP contribution in [0.25, 0.3) is 0 Å². The second-order valence-electron chi connectivity index (χ2n) is 11.8. The van der Waals surface area contributed by atoms with Crippen LogP contribution in [0.5, 0.6) is 40.2 Å². The number of rotatable bonds is 15. The molecule has 0 aliphatic carbocycles. The SMILES string of the molecule is C=C(CCCOc1ccc(C2NC(=O)c3ccccc3N2)cc1OC)Oc1cc(C2=NOC(c3cc(OC)c(OC)c(OC)c3)C2)ccc1OC. The second-order valence-corrected chi connectivity index (χ2v) is 11.8. The fourth-order valence-corrected chi connectivity index (χ4v) is 5.96. The van der Waals surface area contributed by atoms with E-state index in [1.807, 2.05) is 66.7 Å². The molecule has 2 atom stereocenters. The lowest BCUT2D eigenvalue weighted by Gasteiger charge is -2.28. The Morgan fingerprint density at radius 3 is 2.22 bits per heavy atom. The number of para-hydroxylation sites is 1. The minimum Gasteiger partial charge on any atom is -0.493 e. The molecule has 0 saturated carbocycles. The predicted molar refractivity (Wildman–Crippen MR) is 192 cm³/mol. The highest BCUT2D eigenvalue weighted by molar-refractivity contribution is 6.02. The van der Waals surface area contributed by atoms with Gasteiger partial charge in [-0.15, -0.1) is 0 Å². The number of carbonyl (C=O) groups is 1. The molecular weight excluding hydrogens is 654 g/mol. The van der Waals surface area contributed by atoms with E-state index >= 15 is 0 Å². The molecule has 0 spiro atoms. The van der Waals surface area contributed by atoms with Crippen LogP contribution < -0.4 is 43.8 Å². The van der Waals surface area contributed by atoms with Gasteiger partial charge in [-0.05, 0) is 66.6 Å². The van der Waals surface area contributed by atoms with Crippen LogP contribution in [-0.4, -0.2) is 53.8 Å². The van der Waals surface area contributed by atoms with Crippen LogP contribution >= 0.6 is 0 Å². The van der Waals surface area contributed by atoms with E-state index < -0.39 is 6.17 Å². The van der Waals surface area contributed by atoms with Crippen LogP contribution in [0.4, 0.5) is 5.69 Å². The van der Waals surface area contributed by atoms with Crippen LogP contribution in [0, 0.1) is 0 Å². The summed E-state index contributed by atoms with van der Waals surface area (Å²) in [7, 11) is 7.89. The molecule has 4 aromatic rings. The van der Waals surface area contributed by atoms with Gasteiger partial charge in [0, 0.05) is 29.7 Å². The first-order valence-corrected chi connectivity index (χ1v) is 16.4. The number of carbonyl (C=O) groups excluding carboxylic acids is 1. The summed E-state index contributed by atoms with van der Waals surface area (Å²) in [6.07, 6.45) is 0.959. The Labute approximate surface area is 296 Å². The van der Waals surface area contributed by atoms with E-state index in [1.54, 1.807) is 41.6 Å². The van der Waals surface area contributed by atoms with Gasteiger partial charge < -0.3 is 48.6 Å². The molecule has 4 aromatic carbocycles. The number of nitrogens with zero attached hydrogens (tertiary/aromatic N) is 1. The summed E-state index contributed by atoms with van der Waals surface area (Å²) in [6, 6.07) is 22.3. The molecule has 0 saturated heterocycles. The summed E-state index contributed by atoms with van der Waals surface area (Å²) in [6.45, 7) is 4.53. The van der Waals surface area contributed by atoms with Crippen LogP contribution in [0.1, 0.15) is 58.6 Å². The number of ether oxygens (including phenoxy) is 7. The predicted octanol–water partition coefficient (Wildman–Crippen LogP) is 7.20. The Balaban J connectivity index is 1.04. The van der Waals surface area contributed by atoms with Gasteiger partial charge >= 0.3 is 0 Å². The van der Waals surface area contributed by atoms with Gasteiger partial charge in [-0.25, -0.2) is 0 Å². The number of benzene rings is 4. The molecule has 1 amide bonds. The van der Waals surface area contributed by atoms with Gasteiger partial charge in [-0.1, -0.05) is 29.9 Å². The zero-order valence-corrected chi connectivity index (χ0v) is 29.2. The Morgan fingerprint density at radius 1 is 0.784 bits per heavy atom. The lowest BCUT2D eigenvalue weighted by atomic mass is 9.99. The molecule has 6 rings (SSSR count). The first kappa shape index (κ1) is 34.8. The lowest BCUT2D eigenvalue weighted by Crippen LogP contribution is -2.38. The highest BCUT2D eigenvalue weighted by Gasteiger charge is 2.28. The van der Waals surface area contributed by atoms with E-state index in [4.69, 9.17) is 38.0 Å². The lowest BCUT2D eigenvalue weighted by molar-refractivity contribution is 0.0853. The van der Waals surface area contributed by atoms with E-state index in [2.05, 4.69) is 22.4 Å². The van der Waals surface area contributed by atoms with E-state index in [-0.39, 0.29) is 12.0 Å². The van der Waals surface area contributed by atoms with Gasteiger partial charge in [0.2, 0.25) is 5.75 Å². The van der Waals surface area contributed by atoms with Crippen LogP contribution in [0.3, 0.4) is 0 Å². The Kier molecular flexibility index (Phi) is 10.7. The summed E-state index contributed by atoms with van der Waals surface area (Å²) >= 11 is 0. The minimum atomic E-state index is -0.400. The molecule has 2 unspecified atom stereocenters. The zero-order chi connectivity index (χ0) is 35.9. The number of fused-ring (bicyclic) bond motifs is 1. The first-order valence-electron chi connectivity index (χ1n) is 16.4. The van der Waals surface area contributed by atoms with Gasteiger partial charge in [0.1, 0.15) is 6.17 Å². The first-order chi connectivity index (χ1) is 24.8. The molecule has 0 bridgehead atoms. The molecule has 2 N–H and O–H groups in total. The molecular formula is C39H41N3O9. The monoisotopic (exact) mass is 695 g/mol. The van der Waals surface area contributed by atoms with Crippen molar-refractivity contribution in [3.05, 3.63) is 107 Å². The zero-order valence-electron chi connectivity index (χ0n) is 29.2. The van der Waals surface area contributed by atoms with Crippen molar-refractivity contribution >= 4 is 17.3 Å². The summed E-state index contributed by atoms with van der Waals surface area (Å²) < 4.78 is 39.9. The van der Waals surface area contributed by atoms with Crippen molar-refractivity contribution in [2.45, 2.75) is 31.5 Å². The maximum atomic E-state index is 12.6. The topological polar surface area (TPSA) is 127 Å².